The summed E-state index contributed by atoms with van der Waals surface area (Å²) in [6.07, 6.45) is 1.71. The minimum atomic E-state index is 0.0205. The number of hydrogen-bond donors (Lipinski definition) is 2. The van der Waals surface area contributed by atoms with Crippen LogP contribution in [0.3, 0.4) is 0 Å². The number of ether oxygens (including phenoxy) is 1. The fourth-order valence-electron chi connectivity index (χ4n) is 2.04. The van der Waals surface area contributed by atoms with E-state index in [2.05, 4.69) is 4.98 Å². The molecule has 1 aromatic heterocycles. The molecule has 3 aromatic rings. The fraction of sp³-hybridized carbons (Fsp3) is 0.0625. The van der Waals surface area contributed by atoms with Gasteiger partial charge in [0, 0.05) is 17.3 Å². The number of rotatable bonds is 3. The van der Waals surface area contributed by atoms with Gasteiger partial charge in [0.1, 0.15) is 11.3 Å². The molecule has 0 aliphatic carbocycles. The predicted octanol–water partition coefficient (Wildman–Crippen LogP) is 3.10. The number of fused-ring (bicyclic) bond motifs is 1. The van der Waals surface area contributed by atoms with E-state index >= 15 is 0 Å². The normalized spacial score (nSPS) is 10.7. The standard InChI is InChI=1S/C16H14N2O2/c17-14-7-8-15(16-13(14)2-1-9-18-16)20-12-5-3-11(10-19)4-6-12/h1-9,19H,10,17H2. The summed E-state index contributed by atoms with van der Waals surface area (Å²) in [5.74, 6) is 1.35. The van der Waals surface area contributed by atoms with Gasteiger partial charge in [-0.05, 0) is 42.0 Å². The Morgan fingerprint density at radius 2 is 1.85 bits per heavy atom. The van der Waals surface area contributed by atoms with Crippen molar-refractivity contribution in [3.63, 3.8) is 0 Å². The van der Waals surface area contributed by atoms with Crippen LogP contribution in [0.4, 0.5) is 5.69 Å². The van der Waals surface area contributed by atoms with E-state index in [4.69, 9.17) is 15.6 Å². The van der Waals surface area contributed by atoms with Crippen LogP contribution in [0.1, 0.15) is 5.56 Å². The molecule has 3 N–H and O–H groups in total. The highest BCUT2D eigenvalue weighted by Gasteiger charge is 2.07. The molecule has 0 saturated heterocycles. The highest BCUT2D eigenvalue weighted by molar-refractivity contribution is 5.94. The molecule has 0 saturated carbocycles. The molecule has 4 heteroatoms. The van der Waals surface area contributed by atoms with Gasteiger partial charge >= 0.3 is 0 Å². The van der Waals surface area contributed by atoms with E-state index in [0.717, 1.165) is 16.5 Å². The SMILES string of the molecule is Nc1ccc(Oc2ccc(CO)cc2)c2ncccc12. The number of nitrogens with zero attached hydrogens (tertiary/aromatic N) is 1. The number of hydrogen-bond acceptors (Lipinski definition) is 4. The second-order valence-corrected chi connectivity index (χ2v) is 4.46. The second-order valence-electron chi connectivity index (χ2n) is 4.46. The fourth-order valence-corrected chi connectivity index (χ4v) is 2.04. The summed E-state index contributed by atoms with van der Waals surface area (Å²) < 4.78 is 5.85. The van der Waals surface area contributed by atoms with Gasteiger partial charge in [0.15, 0.2) is 5.75 Å². The highest BCUT2D eigenvalue weighted by atomic mass is 16.5. The molecule has 100 valence electrons. The molecule has 0 aliphatic heterocycles. The summed E-state index contributed by atoms with van der Waals surface area (Å²) in [5, 5.41) is 9.90. The van der Waals surface area contributed by atoms with Crippen LogP contribution in [0, 0.1) is 0 Å². The lowest BCUT2D eigenvalue weighted by atomic mass is 10.1. The Balaban J connectivity index is 2.00. The van der Waals surface area contributed by atoms with Gasteiger partial charge < -0.3 is 15.6 Å². The third-order valence-corrected chi connectivity index (χ3v) is 3.10. The Morgan fingerprint density at radius 3 is 2.60 bits per heavy atom. The molecule has 4 nitrogen and oxygen atoms in total. The summed E-state index contributed by atoms with van der Waals surface area (Å²) in [6.45, 7) is 0.0205. The molecular formula is C16H14N2O2. The van der Waals surface area contributed by atoms with Crippen molar-refractivity contribution in [3.8, 4) is 11.5 Å². The Kier molecular flexibility index (Phi) is 3.23. The molecule has 0 radical (unpaired) electrons. The number of aromatic nitrogens is 1. The number of benzene rings is 2. The molecule has 0 bridgehead atoms. The number of aliphatic hydroxyl groups is 1. The molecule has 0 unspecified atom stereocenters. The Bertz CT molecular complexity index is 739. The van der Waals surface area contributed by atoms with Crippen LogP contribution in [0.15, 0.2) is 54.7 Å². The zero-order valence-electron chi connectivity index (χ0n) is 10.8. The number of aliphatic hydroxyl groups excluding tert-OH is 1. The van der Waals surface area contributed by atoms with E-state index in [1.54, 1.807) is 12.3 Å². The molecule has 0 spiro atoms. The Morgan fingerprint density at radius 1 is 1.05 bits per heavy atom. The van der Waals surface area contributed by atoms with Gasteiger partial charge in [-0.25, -0.2) is 0 Å². The molecule has 3 rings (SSSR count). The van der Waals surface area contributed by atoms with E-state index < -0.39 is 0 Å². The van der Waals surface area contributed by atoms with E-state index in [1.165, 1.54) is 0 Å². The molecule has 0 aliphatic rings. The predicted molar refractivity (Wildman–Crippen MR) is 78.6 cm³/mol. The number of nitrogen functional groups attached to an aromatic ring is 1. The first-order chi connectivity index (χ1) is 9.78. The maximum Gasteiger partial charge on any atom is 0.153 e. The molecule has 0 amide bonds. The Labute approximate surface area is 116 Å². The largest absolute Gasteiger partial charge is 0.455 e. The lowest BCUT2D eigenvalue weighted by Crippen LogP contribution is -1.92. The van der Waals surface area contributed by atoms with E-state index in [0.29, 0.717) is 17.2 Å². The Hall–Kier alpha value is -2.59. The molecule has 0 fully saturated rings. The molecule has 20 heavy (non-hydrogen) atoms. The summed E-state index contributed by atoms with van der Waals surface area (Å²) in [4.78, 5) is 4.33. The van der Waals surface area contributed by atoms with Crippen molar-refractivity contribution in [2.24, 2.45) is 0 Å². The summed E-state index contributed by atoms with van der Waals surface area (Å²) >= 11 is 0. The van der Waals surface area contributed by atoms with Gasteiger partial charge in [-0.3, -0.25) is 4.98 Å². The van der Waals surface area contributed by atoms with Gasteiger partial charge in [0.25, 0.3) is 0 Å². The number of pyridine rings is 1. The van der Waals surface area contributed by atoms with E-state index in [-0.39, 0.29) is 6.61 Å². The van der Waals surface area contributed by atoms with Gasteiger partial charge in [-0.2, -0.15) is 0 Å². The van der Waals surface area contributed by atoms with Crippen molar-refractivity contribution in [1.29, 1.82) is 0 Å². The first-order valence-corrected chi connectivity index (χ1v) is 6.29. The first-order valence-electron chi connectivity index (χ1n) is 6.29. The number of nitrogens with two attached hydrogens (primary N) is 1. The third kappa shape index (κ3) is 2.29. The third-order valence-electron chi connectivity index (χ3n) is 3.10. The summed E-state index contributed by atoms with van der Waals surface area (Å²) in [7, 11) is 0. The lowest BCUT2D eigenvalue weighted by molar-refractivity contribution is 0.281. The van der Waals surface area contributed by atoms with Crippen molar-refractivity contribution >= 4 is 16.6 Å². The average Bonchev–Trinajstić information content (AvgIpc) is 2.51. The van der Waals surface area contributed by atoms with Crippen LogP contribution in [-0.4, -0.2) is 10.1 Å². The average molecular weight is 266 g/mol. The minimum absolute atomic E-state index is 0.0205. The summed E-state index contributed by atoms with van der Waals surface area (Å²) in [5.41, 5.74) is 8.19. The zero-order valence-corrected chi connectivity index (χ0v) is 10.8. The van der Waals surface area contributed by atoms with Gasteiger partial charge in [-0.1, -0.05) is 12.1 Å². The van der Waals surface area contributed by atoms with Gasteiger partial charge in [-0.15, -0.1) is 0 Å². The van der Waals surface area contributed by atoms with E-state index in [9.17, 15) is 0 Å². The lowest BCUT2D eigenvalue weighted by Gasteiger charge is -2.10. The highest BCUT2D eigenvalue weighted by Crippen LogP contribution is 2.31. The molecule has 1 heterocycles. The maximum atomic E-state index is 9.03. The van der Waals surface area contributed by atoms with Crippen molar-refractivity contribution in [2.75, 3.05) is 5.73 Å². The van der Waals surface area contributed by atoms with Crippen molar-refractivity contribution in [2.45, 2.75) is 6.61 Å². The van der Waals surface area contributed by atoms with E-state index in [1.807, 2.05) is 42.5 Å². The van der Waals surface area contributed by atoms with Crippen LogP contribution in [0.5, 0.6) is 11.5 Å². The van der Waals surface area contributed by atoms with Crippen LogP contribution in [0.2, 0.25) is 0 Å². The van der Waals surface area contributed by atoms with Crippen molar-refractivity contribution < 1.29 is 9.84 Å². The molecular weight excluding hydrogens is 252 g/mol. The number of anilines is 1. The van der Waals surface area contributed by atoms with Crippen LogP contribution >= 0.6 is 0 Å². The second kappa shape index (κ2) is 5.19. The molecule has 0 atom stereocenters. The smallest absolute Gasteiger partial charge is 0.153 e. The summed E-state index contributed by atoms with van der Waals surface area (Å²) in [6, 6.07) is 14.7. The topological polar surface area (TPSA) is 68.4 Å². The van der Waals surface area contributed by atoms with Crippen LogP contribution in [0.25, 0.3) is 10.9 Å². The van der Waals surface area contributed by atoms with Crippen LogP contribution < -0.4 is 10.5 Å². The zero-order chi connectivity index (χ0) is 13.9. The monoisotopic (exact) mass is 266 g/mol. The maximum absolute atomic E-state index is 9.03. The van der Waals surface area contributed by atoms with Crippen LogP contribution in [-0.2, 0) is 6.61 Å². The quantitative estimate of drug-likeness (QED) is 0.715. The minimum Gasteiger partial charge on any atom is -0.455 e. The molecule has 2 aromatic carbocycles. The van der Waals surface area contributed by atoms with Gasteiger partial charge in [0.05, 0.1) is 6.61 Å². The first kappa shape index (κ1) is 12.4. The van der Waals surface area contributed by atoms with Crippen molar-refractivity contribution in [3.05, 3.63) is 60.3 Å². The van der Waals surface area contributed by atoms with Crippen molar-refractivity contribution in [1.82, 2.24) is 4.98 Å². The van der Waals surface area contributed by atoms with Gasteiger partial charge in [0.2, 0.25) is 0 Å².